The van der Waals surface area contributed by atoms with Crippen molar-refractivity contribution in [3.05, 3.63) is 46.3 Å². The molecule has 10 heteroatoms. The first-order chi connectivity index (χ1) is 13.4. The van der Waals surface area contributed by atoms with Crippen molar-refractivity contribution in [1.82, 2.24) is 19.3 Å². The van der Waals surface area contributed by atoms with Gasteiger partial charge in [-0.2, -0.15) is 4.31 Å². The highest BCUT2D eigenvalue weighted by Gasteiger charge is 2.29. The van der Waals surface area contributed by atoms with Crippen LogP contribution in [0, 0.1) is 6.92 Å². The molecule has 0 radical (unpaired) electrons. The molecular formula is C18H21N5O4S. The molecule has 0 amide bonds. The van der Waals surface area contributed by atoms with Gasteiger partial charge in [0.25, 0.3) is 0 Å². The third-order valence-corrected chi connectivity index (χ3v) is 6.69. The quantitative estimate of drug-likeness (QED) is 0.698. The minimum atomic E-state index is -3.67. The summed E-state index contributed by atoms with van der Waals surface area (Å²) in [7, 11) is -3.67. The van der Waals surface area contributed by atoms with Crippen LogP contribution >= 0.6 is 0 Å². The van der Waals surface area contributed by atoms with Gasteiger partial charge in [0.1, 0.15) is 11.6 Å². The number of sulfonamides is 1. The molecular weight excluding hydrogens is 382 g/mol. The molecule has 3 heterocycles. The summed E-state index contributed by atoms with van der Waals surface area (Å²) in [6.45, 7) is 5.72. The highest BCUT2D eigenvalue weighted by Crippen LogP contribution is 2.23. The molecule has 1 N–H and O–H groups in total. The molecule has 28 heavy (non-hydrogen) atoms. The predicted molar refractivity (Wildman–Crippen MR) is 104 cm³/mol. The van der Waals surface area contributed by atoms with Crippen molar-refractivity contribution < 1.29 is 12.8 Å². The van der Waals surface area contributed by atoms with Crippen molar-refractivity contribution in [1.29, 1.82) is 0 Å². The molecule has 1 aliphatic heterocycles. The number of anilines is 1. The second-order valence-corrected chi connectivity index (χ2v) is 8.64. The number of aromatic nitrogens is 3. The van der Waals surface area contributed by atoms with Gasteiger partial charge in [-0.05, 0) is 19.1 Å². The van der Waals surface area contributed by atoms with Crippen LogP contribution in [-0.2, 0) is 16.4 Å². The van der Waals surface area contributed by atoms with Gasteiger partial charge in [-0.25, -0.2) is 23.2 Å². The molecule has 1 saturated heterocycles. The maximum atomic E-state index is 13.0. The van der Waals surface area contributed by atoms with Crippen LogP contribution in [0.2, 0.25) is 0 Å². The summed E-state index contributed by atoms with van der Waals surface area (Å²) in [5.41, 5.74) is 1.60. The number of fused-ring (bicyclic) bond motifs is 1. The molecule has 2 aromatic heterocycles. The van der Waals surface area contributed by atoms with Crippen LogP contribution < -0.4 is 10.7 Å². The topological polar surface area (TPSA) is 112 Å². The first-order valence-electron chi connectivity index (χ1n) is 9.09. The van der Waals surface area contributed by atoms with E-state index in [1.807, 2.05) is 19.9 Å². The molecule has 4 rings (SSSR count). The summed E-state index contributed by atoms with van der Waals surface area (Å²) in [4.78, 5) is 24.9. The summed E-state index contributed by atoms with van der Waals surface area (Å²) >= 11 is 0. The molecule has 0 aliphatic carbocycles. The van der Waals surface area contributed by atoms with Crippen LogP contribution in [0.5, 0.6) is 0 Å². The summed E-state index contributed by atoms with van der Waals surface area (Å²) in [6, 6.07) is 6.33. The van der Waals surface area contributed by atoms with Gasteiger partial charge in [-0.1, -0.05) is 6.92 Å². The summed E-state index contributed by atoms with van der Waals surface area (Å²) in [5, 5.41) is 0. The number of aromatic amines is 1. The molecule has 148 valence electrons. The zero-order chi connectivity index (χ0) is 19.9. The van der Waals surface area contributed by atoms with E-state index in [9.17, 15) is 13.2 Å². The SMILES string of the molecule is CCc1nc(C)cc(N2CCN(S(=O)(=O)c3ccc4[nH]c(=O)oc4c3)CC2)n1. The fourth-order valence-corrected chi connectivity index (χ4v) is 4.76. The first kappa shape index (κ1) is 18.6. The lowest BCUT2D eigenvalue weighted by Crippen LogP contribution is -2.49. The Hall–Kier alpha value is -2.72. The van der Waals surface area contributed by atoms with E-state index in [1.54, 1.807) is 6.07 Å². The summed E-state index contributed by atoms with van der Waals surface area (Å²) in [5.74, 6) is 1.01. The molecule has 1 aromatic carbocycles. The molecule has 3 aromatic rings. The molecule has 0 bridgehead atoms. The van der Waals surface area contributed by atoms with Crippen molar-refractivity contribution in [3.8, 4) is 0 Å². The predicted octanol–water partition coefficient (Wildman–Crippen LogP) is 1.29. The zero-order valence-corrected chi connectivity index (χ0v) is 16.5. The van der Waals surface area contributed by atoms with Crippen molar-refractivity contribution in [2.24, 2.45) is 0 Å². The van der Waals surface area contributed by atoms with Gasteiger partial charge in [-0.15, -0.1) is 0 Å². The van der Waals surface area contributed by atoms with Crippen LogP contribution in [0.1, 0.15) is 18.4 Å². The van der Waals surface area contributed by atoms with Gasteiger partial charge in [0.15, 0.2) is 5.58 Å². The monoisotopic (exact) mass is 403 g/mol. The Morgan fingerprint density at radius 3 is 2.61 bits per heavy atom. The van der Waals surface area contributed by atoms with Crippen LogP contribution in [0.4, 0.5) is 5.82 Å². The normalized spacial score (nSPS) is 16.0. The molecule has 0 unspecified atom stereocenters. The Morgan fingerprint density at radius 1 is 1.14 bits per heavy atom. The number of hydrogen-bond donors (Lipinski definition) is 1. The number of H-pyrrole nitrogens is 1. The number of hydrogen-bond acceptors (Lipinski definition) is 7. The highest BCUT2D eigenvalue weighted by atomic mass is 32.2. The Labute approximate surface area is 162 Å². The number of piperazine rings is 1. The molecule has 0 atom stereocenters. The largest absolute Gasteiger partial charge is 0.417 e. The summed E-state index contributed by atoms with van der Waals surface area (Å²) in [6.07, 6.45) is 0.751. The van der Waals surface area contributed by atoms with Gasteiger partial charge in [0, 0.05) is 50.4 Å². The van der Waals surface area contributed by atoms with Gasteiger partial charge < -0.3 is 9.32 Å². The maximum Gasteiger partial charge on any atom is 0.417 e. The smallest absolute Gasteiger partial charge is 0.408 e. The van der Waals surface area contributed by atoms with E-state index < -0.39 is 15.8 Å². The van der Waals surface area contributed by atoms with Crippen LogP contribution in [-0.4, -0.2) is 53.9 Å². The van der Waals surface area contributed by atoms with Crippen molar-refractivity contribution in [2.45, 2.75) is 25.2 Å². The van der Waals surface area contributed by atoms with E-state index in [-0.39, 0.29) is 10.5 Å². The van der Waals surface area contributed by atoms with Gasteiger partial charge in [0.05, 0.1) is 10.4 Å². The van der Waals surface area contributed by atoms with Crippen molar-refractivity contribution >= 4 is 26.9 Å². The Kier molecular flexibility index (Phi) is 4.68. The van der Waals surface area contributed by atoms with Gasteiger partial charge >= 0.3 is 5.76 Å². The Balaban J connectivity index is 1.53. The van der Waals surface area contributed by atoms with E-state index in [4.69, 9.17) is 4.42 Å². The van der Waals surface area contributed by atoms with Gasteiger partial charge in [-0.3, -0.25) is 4.98 Å². The fourth-order valence-electron chi connectivity index (χ4n) is 3.33. The third kappa shape index (κ3) is 3.40. The van der Waals surface area contributed by atoms with E-state index >= 15 is 0 Å². The minimum absolute atomic E-state index is 0.113. The van der Waals surface area contributed by atoms with Gasteiger partial charge in [0.2, 0.25) is 10.0 Å². The van der Waals surface area contributed by atoms with Crippen LogP contribution in [0.15, 0.2) is 38.4 Å². The van der Waals surface area contributed by atoms with Crippen molar-refractivity contribution in [3.63, 3.8) is 0 Å². The number of aryl methyl sites for hydroxylation is 2. The Bertz CT molecular complexity index is 1180. The lowest BCUT2D eigenvalue weighted by Gasteiger charge is -2.34. The number of nitrogens with one attached hydrogen (secondary N) is 1. The second kappa shape index (κ2) is 7.02. The lowest BCUT2D eigenvalue weighted by atomic mass is 10.3. The Morgan fingerprint density at radius 2 is 1.89 bits per heavy atom. The van der Waals surface area contributed by atoms with E-state index in [1.165, 1.54) is 16.4 Å². The average Bonchev–Trinajstić information content (AvgIpc) is 3.06. The van der Waals surface area contributed by atoms with Crippen LogP contribution in [0.25, 0.3) is 11.1 Å². The summed E-state index contributed by atoms with van der Waals surface area (Å²) < 4.78 is 32.4. The number of nitrogens with zero attached hydrogens (tertiary/aromatic N) is 4. The average molecular weight is 403 g/mol. The number of benzene rings is 1. The molecule has 9 nitrogen and oxygen atoms in total. The van der Waals surface area contributed by atoms with E-state index in [2.05, 4.69) is 19.9 Å². The van der Waals surface area contributed by atoms with E-state index in [0.29, 0.717) is 31.7 Å². The molecule has 0 saturated carbocycles. The minimum Gasteiger partial charge on any atom is -0.408 e. The fraction of sp³-hybridized carbons (Fsp3) is 0.389. The number of rotatable bonds is 4. The standard InChI is InChI=1S/C18H21N5O4S/c1-3-16-19-12(2)10-17(21-16)22-6-8-23(9-7-22)28(25,26)13-4-5-14-15(11-13)27-18(24)20-14/h4-5,10-11H,3,6-9H2,1-2H3,(H,20,24). The zero-order valence-electron chi connectivity index (χ0n) is 15.7. The van der Waals surface area contributed by atoms with E-state index in [0.717, 1.165) is 23.8 Å². The van der Waals surface area contributed by atoms with Crippen LogP contribution in [0.3, 0.4) is 0 Å². The highest BCUT2D eigenvalue weighted by molar-refractivity contribution is 7.89. The third-order valence-electron chi connectivity index (χ3n) is 4.80. The van der Waals surface area contributed by atoms with Crippen molar-refractivity contribution in [2.75, 3.05) is 31.1 Å². The second-order valence-electron chi connectivity index (χ2n) is 6.70. The first-order valence-corrected chi connectivity index (χ1v) is 10.5. The lowest BCUT2D eigenvalue weighted by molar-refractivity contribution is 0.383. The maximum absolute atomic E-state index is 13.0. The number of oxazole rings is 1. The molecule has 1 fully saturated rings. The molecule has 0 spiro atoms. The molecule has 1 aliphatic rings.